The predicted molar refractivity (Wildman–Crippen MR) is 88.2 cm³/mol. The molecule has 5 N–H and O–H groups in total. The maximum absolute atomic E-state index is 11.8. The largest absolute Gasteiger partial charge is 0.387 e. The van der Waals surface area contributed by atoms with E-state index in [1.807, 2.05) is 0 Å². The number of ether oxygens (including phenoxy) is 3. The summed E-state index contributed by atoms with van der Waals surface area (Å²) in [7, 11) is 0. The summed E-state index contributed by atoms with van der Waals surface area (Å²) in [6.45, 7) is 1.65. The standard InChI is InChI=1S/C15H28N2O6.CH4/c16-6-3-1-2-5-11(18)17-9-10-14-12(19)13(20)15(23-10)22-8-4-7-21-14;/h10,12-15,19-20H,1-9,16H2,(H,17,18);1H4. The summed E-state index contributed by atoms with van der Waals surface area (Å²) in [5.41, 5.74) is 5.41. The Hall–Kier alpha value is -0.770. The summed E-state index contributed by atoms with van der Waals surface area (Å²) in [5, 5.41) is 23.0. The van der Waals surface area contributed by atoms with E-state index >= 15 is 0 Å². The van der Waals surface area contributed by atoms with Crippen molar-refractivity contribution in [3.8, 4) is 0 Å². The van der Waals surface area contributed by atoms with Crippen LogP contribution in [0.15, 0.2) is 0 Å². The van der Waals surface area contributed by atoms with Gasteiger partial charge in [-0.1, -0.05) is 13.8 Å². The normalized spacial score (nSPS) is 33.0. The van der Waals surface area contributed by atoms with Gasteiger partial charge in [0.15, 0.2) is 6.29 Å². The average molecular weight is 348 g/mol. The third-order valence-electron chi connectivity index (χ3n) is 4.13. The molecule has 0 aliphatic carbocycles. The van der Waals surface area contributed by atoms with Gasteiger partial charge in [0.05, 0.1) is 6.61 Å². The monoisotopic (exact) mass is 348 g/mol. The van der Waals surface area contributed by atoms with Crippen LogP contribution in [0.1, 0.15) is 39.5 Å². The van der Waals surface area contributed by atoms with Crippen molar-refractivity contribution in [1.82, 2.24) is 5.32 Å². The molecule has 8 nitrogen and oxygen atoms in total. The molecule has 5 unspecified atom stereocenters. The van der Waals surface area contributed by atoms with E-state index in [1.165, 1.54) is 0 Å². The summed E-state index contributed by atoms with van der Waals surface area (Å²) in [6, 6.07) is 0. The molecule has 3 fully saturated rings. The van der Waals surface area contributed by atoms with Crippen LogP contribution in [0.5, 0.6) is 0 Å². The lowest BCUT2D eigenvalue weighted by atomic mass is 9.98. The lowest BCUT2D eigenvalue weighted by molar-refractivity contribution is -0.292. The lowest BCUT2D eigenvalue weighted by Crippen LogP contribution is -2.61. The Bertz CT molecular complexity index is 368. The van der Waals surface area contributed by atoms with Gasteiger partial charge in [-0.25, -0.2) is 0 Å². The third-order valence-corrected chi connectivity index (χ3v) is 4.13. The molecule has 0 aromatic carbocycles. The fourth-order valence-electron chi connectivity index (χ4n) is 2.80. The molecule has 3 heterocycles. The first-order valence-electron chi connectivity index (χ1n) is 8.35. The van der Waals surface area contributed by atoms with Crippen LogP contribution in [0, 0.1) is 0 Å². The lowest BCUT2D eigenvalue weighted by Gasteiger charge is -2.41. The number of nitrogens with one attached hydrogen (secondary N) is 1. The molecule has 3 aliphatic heterocycles. The second-order valence-corrected chi connectivity index (χ2v) is 5.99. The molecule has 0 aromatic rings. The molecule has 142 valence electrons. The van der Waals surface area contributed by atoms with E-state index in [2.05, 4.69) is 5.32 Å². The number of fused-ring (bicyclic) bond motifs is 6. The zero-order valence-electron chi connectivity index (χ0n) is 13.4. The van der Waals surface area contributed by atoms with Crippen molar-refractivity contribution in [3.63, 3.8) is 0 Å². The number of amides is 1. The molecule has 3 rings (SSSR count). The quantitative estimate of drug-likeness (QED) is 0.458. The summed E-state index contributed by atoms with van der Waals surface area (Å²) in [4.78, 5) is 11.8. The minimum Gasteiger partial charge on any atom is -0.387 e. The molecule has 1 amide bonds. The SMILES string of the molecule is C.NCCCCCC(=O)NCC1OC2OCCCOC1C(O)C2O. The van der Waals surface area contributed by atoms with Crippen molar-refractivity contribution in [2.45, 2.75) is 70.2 Å². The number of carbonyl (C=O) groups excluding carboxylic acids is 1. The van der Waals surface area contributed by atoms with E-state index in [-0.39, 0.29) is 19.9 Å². The van der Waals surface area contributed by atoms with Gasteiger partial charge in [0.1, 0.15) is 24.4 Å². The van der Waals surface area contributed by atoms with Gasteiger partial charge >= 0.3 is 0 Å². The van der Waals surface area contributed by atoms with Crippen molar-refractivity contribution >= 4 is 5.91 Å². The van der Waals surface area contributed by atoms with Crippen LogP contribution in [-0.2, 0) is 19.0 Å². The van der Waals surface area contributed by atoms with E-state index < -0.39 is 30.7 Å². The third kappa shape index (κ3) is 5.94. The van der Waals surface area contributed by atoms with Gasteiger partial charge in [-0.15, -0.1) is 0 Å². The summed E-state index contributed by atoms with van der Waals surface area (Å²) in [6.07, 6.45) is -0.644. The Kier molecular flexibility index (Phi) is 9.72. The van der Waals surface area contributed by atoms with Gasteiger partial charge in [-0.2, -0.15) is 0 Å². The molecular weight excluding hydrogens is 316 g/mol. The second-order valence-electron chi connectivity index (χ2n) is 5.99. The maximum Gasteiger partial charge on any atom is 0.220 e. The molecule has 24 heavy (non-hydrogen) atoms. The number of aliphatic hydroxyl groups excluding tert-OH is 2. The Morgan fingerprint density at radius 3 is 2.62 bits per heavy atom. The predicted octanol–water partition coefficient (Wildman–Crippen LogP) is -0.490. The first-order valence-corrected chi connectivity index (χ1v) is 8.35. The van der Waals surface area contributed by atoms with Crippen LogP contribution >= 0.6 is 0 Å². The smallest absolute Gasteiger partial charge is 0.220 e. The van der Waals surface area contributed by atoms with Gasteiger partial charge in [0.25, 0.3) is 0 Å². The number of nitrogens with two attached hydrogens (primary N) is 1. The Labute approximate surface area is 143 Å². The molecular formula is C16H32N2O6. The van der Waals surface area contributed by atoms with Crippen molar-refractivity contribution < 1.29 is 29.2 Å². The molecule has 3 saturated heterocycles. The molecule has 3 aliphatic rings. The van der Waals surface area contributed by atoms with Gasteiger partial charge in [-0.05, 0) is 25.8 Å². The molecule has 5 atom stereocenters. The number of carbonyl (C=O) groups is 1. The number of aliphatic hydroxyl groups is 2. The molecule has 0 radical (unpaired) electrons. The van der Waals surface area contributed by atoms with E-state index in [1.54, 1.807) is 0 Å². The number of unbranched alkanes of at least 4 members (excludes halogenated alkanes) is 2. The zero-order valence-corrected chi connectivity index (χ0v) is 13.4. The first-order chi connectivity index (χ1) is 11.1. The van der Waals surface area contributed by atoms with Crippen LogP contribution in [0.25, 0.3) is 0 Å². The topological polar surface area (TPSA) is 123 Å². The van der Waals surface area contributed by atoms with E-state index in [9.17, 15) is 15.0 Å². The summed E-state index contributed by atoms with van der Waals surface area (Å²) in [5.74, 6) is -0.0719. The Morgan fingerprint density at radius 2 is 1.88 bits per heavy atom. The minimum absolute atomic E-state index is 0. The highest BCUT2D eigenvalue weighted by Gasteiger charge is 2.46. The number of hydrogen-bond acceptors (Lipinski definition) is 7. The maximum atomic E-state index is 11.8. The molecule has 0 saturated carbocycles. The van der Waals surface area contributed by atoms with Crippen molar-refractivity contribution in [2.24, 2.45) is 5.73 Å². The molecule has 8 heteroatoms. The van der Waals surface area contributed by atoms with Crippen molar-refractivity contribution in [2.75, 3.05) is 26.3 Å². The van der Waals surface area contributed by atoms with Gasteiger partial charge in [0, 0.05) is 19.6 Å². The highest BCUT2D eigenvalue weighted by molar-refractivity contribution is 5.75. The number of rotatable bonds is 7. The summed E-state index contributed by atoms with van der Waals surface area (Å²) < 4.78 is 16.7. The van der Waals surface area contributed by atoms with E-state index in [0.717, 1.165) is 19.3 Å². The first kappa shape index (κ1) is 21.3. The molecule has 2 bridgehead atoms. The van der Waals surface area contributed by atoms with Gasteiger partial charge in [-0.3, -0.25) is 4.79 Å². The highest BCUT2D eigenvalue weighted by atomic mass is 16.7. The van der Waals surface area contributed by atoms with Crippen LogP contribution in [-0.4, -0.2) is 73.1 Å². The fourth-order valence-corrected chi connectivity index (χ4v) is 2.80. The van der Waals surface area contributed by atoms with Crippen LogP contribution in [0.2, 0.25) is 0 Å². The van der Waals surface area contributed by atoms with Crippen LogP contribution in [0.4, 0.5) is 0 Å². The highest BCUT2D eigenvalue weighted by Crippen LogP contribution is 2.25. The van der Waals surface area contributed by atoms with Crippen LogP contribution < -0.4 is 11.1 Å². The summed E-state index contributed by atoms with van der Waals surface area (Å²) >= 11 is 0. The Morgan fingerprint density at radius 1 is 1.12 bits per heavy atom. The minimum atomic E-state index is -1.15. The van der Waals surface area contributed by atoms with Crippen molar-refractivity contribution in [3.05, 3.63) is 0 Å². The van der Waals surface area contributed by atoms with Gasteiger partial charge in [0.2, 0.25) is 5.91 Å². The van der Waals surface area contributed by atoms with E-state index in [0.29, 0.717) is 32.6 Å². The molecule has 0 spiro atoms. The fraction of sp³-hybridized carbons (Fsp3) is 0.938. The van der Waals surface area contributed by atoms with Gasteiger partial charge < -0.3 is 35.5 Å². The average Bonchev–Trinajstić information content (AvgIpc) is 2.68. The van der Waals surface area contributed by atoms with Crippen LogP contribution in [0.3, 0.4) is 0 Å². The zero-order chi connectivity index (χ0) is 16.7. The number of hydrogen-bond donors (Lipinski definition) is 4. The van der Waals surface area contributed by atoms with Crippen molar-refractivity contribution in [1.29, 1.82) is 0 Å². The van der Waals surface area contributed by atoms with E-state index in [4.69, 9.17) is 19.9 Å². The molecule has 0 aromatic heterocycles. The Balaban J connectivity index is 0.00000288. The second kappa shape index (κ2) is 11.0.